The highest BCUT2D eigenvalue weighted by molar-refractivity contribution is 7.09. The van der Waals surface area contributed by atoms with Crippen LogP contribution in [-0.2, 0) is 6.54 Å². The summed E-state index contributed by atoms with van der Waals surface area (Å²) in [7, 11) is 0. The van der Waals surface area contributed by atoms with E-state index in [9.17, 15) is 4.79 Å². The molecule has 0 saturated heterocycles. The van der Waals surface area contributed by atoms with Crippen LogP contribution >= 0.6 is 11.3 Å². The number of benzene rings is 1. The zero-order chi connectivity index (χ0) is 19.1. The van der Waals surface area contributed by atoms with E-state index >= 15 is 0 Å². The lowest BCUT2D eigenvalue weighted by atomic mass is 10.0. The molecule has 1 N–H and O–H groups in total. The number of aromatic nitrogens is 2. The Morgan fingerprint density at radius 3 is 2.96 bits per heavy atom. The summed E-state index contributed by atoms with van der Waals surface area (Å²) in [6.45, 7) is 2.46. The lowest BCUT2D eigenvalue weighted by molar-refractivity contribution is 0.0953. The number of hydrogen-bond acceptors (Lipinski definition) is 7. The second kappa shape index (κ2) is 6.65. The number of nitrogens with zero attached hydrogens (tertiary/aromatic N) is 2. The summed E-state index contributed by atoms with van der Waals surface area (Å²) in [4.78, 5) is 18.5. The molecule has 5 rings (SSSR count). The summed E-state index contributed by atoms with van der Waals surface area (Å²) in [5, 5.41) is 9.54. The molecule has 0 unspecified atom stereocenters. The monoisotopic (exact) mass is 393 g/mol. The molecular weight excluding hydrogens is 378 g/mol. The molecule has 0 atom stereocenters. The number of carbonyl (C=O) groups is 1. The number of fused-ring (bicyclic) bond motifs is 2. The summed E-state index contributed by atoms with van der Waals surface area (Å²) in [5.74, 6) is 1.14. The molecule has 8 heteroatoms. The van der Waals surface area contributed by atoms with Crippen LogP contribution in [0.15, 0.2) is 46.3 Å². The van der Waals surface area contributed by atoms with Gasteiger partial charge in [0.05, 0.1) is 28.9 Å². The van der Waals surface area contributed by atoms with E-state index in [1.165, 1.54) is 0 Å². The van der Waals surface area contributed by atoms with E-state index in [-0.39, 0.29) is 12.7 Å². The number of thiophene rings is 1. The van der Waals surface area contributed by atoms with Crippen molar-refractivity contribution in [3.63, 3.8) is 0 Å². The molecule has 0 bridgehead atoms. The maximum Gasteiger partial charge on any atom is 0.259 e. The van der Waals surface area contributed by atoms with E-state index in [1.54, 1.807) is 24.3 Å². The number of aryl methyl sites for hydroxylation is 1. The highest BCUT2D eigenvalue weighted by Gasteiger charge is 2.21. The molecule has 3 aromatic heterocycles. The predicted octanol–water partition coefficient (Wildman–Crippen LogP) is 3.92. The minimum absolute atomic E-state index is 0.197. The van der Waals surface area contributed by atoms with Gasteiger partial charge in [-0.05, 0) is 42.6 Å². The molecular formula is C20H15N3O4S. The molecule has 0 saturated carbocycles. The molecule has 140 valence electrons. The van der Waals surface area contributed by atoms with E-state index in [4.69, 9.17) is 14.0 Å². The smallest absolute Gasteiger partial charge is 0.259 e. The SMILES string of the molecule is Cc1noc2nc(-c3ccc4c(c3)OCO4)cc(C(=O)NCc3cccs3)c12. The third-order valence-electron chi connectivity index (χ3n) is 4.53. The van der Waals surface area contributed by atoms with Crippen molar-refractivity contribution in [2.24, 2.45) is 0 Å². The first-order chi connectivity index (χ1) is 13.7. The number of hydrogen-bond donors (Lipinski definition) is 1. The lowest BCUT2D eigenvalue weighted by Crippen LogP contribution is -2.22. The van der Waals surface area contributed by atoms with Crippen LogP contribution in [0.1, 0.15) is 20.9 Å². The second-order valence-corrected chi connectivity index (χ2v) is 7.37. The molecule has 1 aromatic carbocycles. The molecule has 4 heterocycles. The number of carbonyl (C=O) groups excluding carboxylic acids is 1. The predicted molar refractivity (Wildman–Crippen MR) is 104 cm³/mol. The van der Waals surface area contributed by atoms with Crippen molar-refractivity contribution in [1.29, 1.82) is 0 Å². The Morgan fingerprint density at radius 2 is 2.11 bits per heavy atom. The number of pyridine rings is 1. The standard InChI is InChI=1S/C20H15N3O4S/c1-11-18-14(19(24)21-9-13-3-2-6-28-13)8-15(22-20(18)27-23-11)12-4-5-16-17(7-12)26-10-25-16/h2-8H,9-10H2,1H3,(H,21,24). The van der Waals surface area contributed by atoms with Crippen LogP contribution in [0.25, 0.3) is 22.4 Å². The van der Waals surface area contributed by atoms with Gasteiger partial charge in [0.2, 0.25) is 6.79 Å². The first-order valence-corrected chi connectivity index (χ1v) is 9.54. The van der Waals surface area contributed by atoms with Gasteiger partial charge in [0.15, 0.2) is 11.5 Å². The Morgan fingerprint density at radius 1 is 1.21 bits per heavy atom. The summed E-state index contributed by atoms with van der Waals surface area (Å²) in [5.41, 5.74) is 2.83. The Hall–Kier alpha value is -3.39. The summed E-state index contributed by atoms with van der Waals surface area (Å²) in [6.07, 6.45) is 0. The Bertz CT molecular complexity index is 1180. The van der Waals surface area contributed by atoms with Crippen molar-refractivity contribution in [2.45, 2.75) is 13.5 Å². The number of amides is 1. The van der Waals surface area contributed by atoms with E-state index in [0.29, 0.717) is 46.1 Å². The topological polar surface area (TPSA) is 86.5 Å². The van der Waals surface area contributed by atoms with Crippen LogP contribution in [-0.4, -0.2) is 22.8 Å². The van der Waals surface area contributed by atoms with Gasteiger partial charge in [-0.1, -0.05) is 11.2 Å². The quantitative estimate of drug-likeness (QED) is 0.566. The van der Waals surface area contributed by atoms with E-state index in [0.717, 1.165) is 10.4 Å². The van der Waals surface area contributed by atoms with Crippen LogP contribution in [0, 0.1) is 6.92 Å². The second-order valence-electron chi connectivity index (χ2n) is 6.33. The van der Waals surface area contributed by atoms with Crippen LogP contribution in [0.2, 0.25) is 0 Å². The molecule has 0 aliphatic carbocycles. The van der Waals surface area contributed by atoms with Gasteiger partial charge in [0.25, 0.3) is 11.6 Å². The zero-order valence-corrected chi connectivity index (χ0v) is 15.7. The summed E-state index contributed by atoms with van der Waals surface area (Å²) < 4.78 is 16.2. The maximum atomic E-state index is 12.9. The zero-order valence-electron chi connectivity index (χ0n) is 14.9. The third kappa shape index (κ3) is 2.87. The van der Waals surface area contributed by atoms with Crippen LogP contribution in [0.4, 0.5) is 0 Å². The molecule has 4 aromatic rings. The van der Waals surface area contributed by atoms with Gasteiger partial charge in [-0.3, -0.25) is 4.79 Å². The van der Waals surface area contributed by atoms with Gasteiger partial charge in [-0.2, -0.15) is 0 Å². The first kappa shape index (κ1) is 16.8. The molecule has 0 spiro atoms. The lowest BCUT2D eigenvalue weighted by Gasteiger charge is -2.08. The number of ether oxygens (including phenoxy) is 2. The van der Waals surface area contributed by atoms with E-state index in [1.807, 2.05) is 35.7 Å². The minimum Gasteiger partial charge on any atom is -0.454 e. The fraction of sp³-hybridized carbons (Fsp3) is 0.150. The van der Waals surface area contributed by atoms with Gasteiger partial charge in [-0.25, -0.2) is 4.98 Å². The van der Waals surface area contributed by atoms with E-state index < -0.39 is 0 Å². The van der Waals surface area contributed by atoms with Gasteiger partial charge < -0.3 is 19.3 Å². The maximum absolute atomic E-state index is 12.9. The van der Waals surface area contributed by atoms with Crippen molar-refractivity contribution in [3.05, 3.63) is 57.9 Å². The summed E-state index contributed by atoms with van der Waals surface area (Å²) in [6, 6.07) is 11.2. The fourth-order valence-corrected chi connectivity index (χ4v) is 3.80. The van der Waals surface area contributed by atoms with Crippen LogP contribution in [0.5, 0.6) is 11.5 Å². The Kier molecular flexibility index (Phi) is 3.98. The minimum atomic E-state index is -0.200. The Balaban J connectivity index is 1.55. The van der Waals surface area contributed by atoms with Crippen molar-refractivity contribution >= 4 is 28.3 Å². The van der Waals surface area contributed by atoms with Gasteiger partial charge in [0, 0.05) is 10.4 Å². The largest absolute Gasteiger partial charge is 0.454 e. The van der Waals surface area contributed by atoms with Crippen LogP contribution in [0.3, 0.4) is 0 Å². The first-order valence-electron chi connectivity index (χ1n) is 8.66. The van der Waals surface area contributed by atoms with Crippen molar-refractivity contribution in [3.8, 4) is 22.8 Å². The molecule has 1 amide bonds. The van der Waals surface area contributed by atoms with Crippen molar-refractivity contribution in [1.82, 2.24) is 15.5 Å². The molecule has 0 fully saturated rings. The number of rotatable bonds is 4. The molecule has 28 heavy (non-hydrogen) atoms. The molecule has 0 radical (unpaired) electrons. The summed E-state index contributed by atoms with van der Waals surface area (Å²) >= 11 is 1.60. The van der Waals surface area contributed by atoms with Gasteiger partial charge in [0.1, 0.15) is 0 Å². The highest BCUT2D eigenvalue weighted by Crippen LogP contribution is 2.36. The average Bonchev–Trinajstić information content (AvgIpc) is 3.46. The van der Waals surface area contributed by atoms with Crippen LogP contribution < -0.4 is 14.8 Å². The van der Waals surface area contributed by atoms with Gasteiger partial charge >= 0.3 is 0 Å². The van der Waals surface area contributed by atoms with Crippen molar-refractivity contribution < 1.29 is 18.8 Å². The number of nitrogens with one attached hydrogen (secondary N) is 1. The van der Waals surface area contributed by atoms with Gasteiger partial charge in [-0.15, -0.1) is 11.3 Å². The normalized spacial score (nSPS) is 12.5. The third-order valence-corrected chi connectivity index (χ3v) is 5.41. The molecule has 7 nitrogen and oxygen atoms in total. The average molecular weight is 393 g/mol. The molecule has 1 aliphatic heterocycles. The fourth-order valence-electron chi connectivity index (χ4n) is 3.15. The Labute approximate surface area is 163 Å². The van der Waals surface area contributed by atoms with E-state index in [2.05, 4.69) is 15.5 Å². The van der Waals surface area contributed by atoms with Crippen molar-refractivity contribution in [2.75, 3.05) is 6.79 Å². The molecule has 1 aliphatic rings. The highest BCUT2D eigenvalue weighted by atomic mass is 32.1.